The SMILES string of the molecule is COc1cc(N(Cc2cccnc2)C(=O)NCCCn2cncc2C)ccc1OCCN1CCOCC1. The average Bonchev–Trinajstić information content (AvgIpc) is 3.35. The Morgan fingerprint density at radius 2 is 2.00 bits per heavy atom. The minimum absolute atomic E-state index is 0.186. The van der Waals surface area contributed by atoms with Crippen LogP contribution in [0.3, 0.4) is 0 Å². The molecule has 198 valence electrons. The number of morpholine rings is 1. The molecule has 0 unspecified atom stereocenters. The molecule has 1 fully saturated rings. The molecule has 3 heterocycles. The van der Waals surface area contributed by atoms with Crippen molar-refractivity contribution < 1.29 is 19.0 Å². The van der Waals surface area contributed by atoms with Crippen LogP contribution in [-0.4, -0.2) is 78.6 Å². The molecule has 3 aromatic rings. The first kappa shape index (κ1) is 26.4. The van der Waals surface area contributed by atoms with Crippen molar-refractivity contribution in [3.8, 4) is 11.5 Å². The van der Waals surface area contributed by atoms with Gasteiger partial charge in [0, 0.05) is 68.8 Å². The lowest BCUT2D eigenvalue weighted by atomic mass is 10.2. The van der Waals surface area contributed by atoms with Gasteiger partial charge in [-0.05, 0) is 37.1 Å². The highest BCUT2D eigenvalue weighted by atomic mass is 16.5. The van der Waals surface area contributed by atoms with Crippen LogP contribution in [0.1, 0.15) is 17.7 Å². The Hall–Kier alpha value is -3.63. The molecule has 10 nitrogen and oxygen atoms in total. The van der Waals surface area contributed by atoms with Crippen molar-refractivity contribution in [2.45, 2.75) is 26.4 Å². The topological polar surface area (TPSA) is 94.0 Å². The summed E-state index contributed by atoms with van der Waals surface area (Å²) in [5.41, 5.74) is 2.74. The Kier molecular flexibility index (Phi) is 9.73. The first-order valence-electron chi connectivity index (χ1n) is 12.7. The number of ether oxygens (including phenoxy) is 3. The maximum atomic E-state index is 13.3. The zero-order valence-corrected chi connectivity index (χ0v) is 21.6. The van der Waals surface area contributed by atoms with Gasteiger partial charge in [-0.25, -0.2) is 9.78 Å². The number of nitrogens with zero attached hydrogens (tertiary/aromatic N) is 5. The number of imidazole rings is 1. The number of methoxy groups -OCH3 is 1. The Morgan fingerprint density at radius 1 is 1.14 bits per heavy atom. The summed E-state index contributed by atoms with van der Waals surface area (Å²) in [6.45, 7) is 8.45. The molecule has 0 saturated carbocycles. The molecule has 1 saturated heterocycles. The maximum absolute atomic E-state index is 13.3. The van der Waals surface area contributed by atoms with Gasteiger partial charge in [0.1, 0.15) is 6.61 Å². The summed E-state index contributed by atoms with van der Waals surface area (Å²) in [4.78, 5) is 25.7. The lowest BCUT2D eigenvalue weighted by Crippen LogP contribution is -2.40. The Balaban J connectivity index is 1.41. The van der Waals surface area contributed by atoms with Gasteiger partial charge >= 0.3 is 6.03 Å². The summed E-state index contributed by atoms with van der Waals surface area (Å²) in [6.07, 6.45) is 7.92. The number of pyridine rings is 1. The number of rotatable bonds is 12. The first-order chi connectivity index (χ1) is 18.1. The van der Waals surface area contributed by atoms with Gasteiger partial charge in [0.05, 0.1) is 33.2 Å². The molecule has 10 heteroatoms. The van der Waals surface area contributed by atoms with E-state index in [0.29, 0.717) is 36.9 Å². The number of hydrogen-bond acceptors (Lipinski definition) is 7. The quantitative estimate of drug-likeness (QED) is 0.376. The van der Waals surface area contributed by atoms with Crippen LogP contribution in [0.5, 0.6) is 11.5 Å². The van der Waals surface area contributed by atoms with Crippen molar-refractivity contribution in [2.75, 3.05) is 58.0 Å². The van der Waals surface area contributed by atoms with Gasteiger partial charge in [-0.3, -0.25) is 14.8 Å². The van der Waals surface area contributed by atoms with Crippen LogP contribution in [0, 0.1) is 6.92 Å². The maximum Gasteiger partial charge on any atom is 0.322 e. The molecule has 0 spiro atoms. The number of carbonyl (C=O) groups excluding carboxylic acids is 1. The molecule has 0 radical (unpaired) electrons. The van der Waals surface area contributed by atoms with Gasteiger partial charge in [0.2, 0.25) is 0 Å². The molecular formula is C27H36N6O4. The second-order valence-electron chi connectivity index (χ2n) is 8.90. The average molecular weight is 509 g/mol. The number of benzene rings is 1. The highest BCUT2D eigenvalue weighted by Gasteiger charge is 2.19. The van der Waals surface area contributed by atoms with Crippen LogP contribution in [0.25, 0.3) is 0 Å². The van der Waals surface area contributed by atoms with E-state index in [1.807, 2.05) is 49.8 Å². The van der Waals surface area contributed by atoms with Crippen molar-refractivity contribution in [1.82, 2.24) is 24.8 Å². The fraction of sp³-hybridized carbons (Fsp3) is 0.444. The molecule has 1 aliphatic rings. The Bertz CT molecular complexity index is 1120. The second-order valence-corrected chi connectivity index (χ2v) is 8.90. The number of anilines is 1. The number of carbonyl (C=O) groups is 1. The molecule has 2 amide bonds. The first-order valence-corrected chi connectivity index (χ1v) is 12.7. The van der Waals surface area contributed by atoms with Crippen LogP contribution >= 0.6 is 0 Å². The molecule has 0 bridgehead atoms. The van der Waals surface area contributed by atoms with Crippen molar-refractivity contribution in [2.24, 2.45) is 0 Å². The molecule has 1 aromatic carbocycles. The summed E-state index contributed by atoms with van der Waals surface area (Å²) >= 11 is 0. The van der Waals surface area contributed by atoms with E-state index in [2.05, 4.69) is 24.8 Å². The lowest BCUT2D eigenvalue weighted by molar-refractivity contribution is 0.0321. The normalized spacial score (nSPS) is 13.8. The van der Waals surface area contributed by atoms with E-state index in [-0.39, 0.29) is 6.03 Å². The monoisotopic (exact) mass is 508 g/mol. The Labute approximate surface area is 218 Å². The molecule has 37 heavy (non-hydrogen) atoms. The summed E-state index contributed by atoms with van der Waals surface area (Å²) in [5, 5.41) is 3.05. The number of hydrogen-bond donors (Lipinski definition) is 1. The summed E-state index contributed by atoms with van der Waals surface area (Å²) in [5.74, 6) is 1.23. The summed E-state index contributed by atoms with van der Waals surface area (Å²) in [7, 11) is 1.61. The number of aromatic nitrogens is 3. The predicted octanol–water partition coefficient (Wildman–Crippen LogP) is 3.11. The third-order valence-corrected chi connectivity index (χ3v) is 6.31. The lowest BCUT2D eigenvalue weighted by Gasteiger charge is -2.27. The number of aryl methyl sites for hydroxylation is 2. The van der Waals surface area contributed by atoms with Crippen molar-refractivity contribution in [3.63, 3.8) is 0 Å². The van der Waals surface area contributed by atoms with Crippen LogP contribution in [0.15, 0.2) is 55.2 Å². The molecule has 0 aliphatic carbocycles. The van der Waals surface area contributed by atoms with Crippen molar-refractivity contribution in [3.05, 3.63) is 66.5 Å². The predicted molar refractivity (Wildman–Crippen MR) is 141 cm³/mol. The molecule has 1 N–H and O–H groups in total. The summed E-state index contributed by atoms with van der Waals surface area (Å²) in [6, 6.07) is 9.22. The zero-order valence-electron chi connectivity index (χ0n) is 21.6. The second kappa shape index (κ2) is 13.6. The third kappa shape index (κ3) is 7.68. The third-order valence-electron chi connectivity index (χ3n) is 6.31. The van der Waals surface area contributed by atoms with Gasteiger partial charge in [-0.1, -0.05) is 6.07 Å². The van der Waals surface area contributed by atoms with Crippen LogP contribution in [0.2, 0.25) is 0 Å². The largest absolute Gasteiger partial charge is 0.493 e. The van der Waals surface area contributed by atoms with Gasteiger partial charge in [0.25, 0.3) is 0 Å². The molecule has 4 rings (SSSR count). The smallest absolute Gasteiger partial charge is 0.322 e. The fourth-order valence-electron chi connectivity index (χ4n) is 4.17. The van der Waals surface area contributed by atoms with E-state index < -0.39 is 0 Å². The van der Waals surface area contributed by atoms with Gasteiger partial charge in [-0.15, -0.1) is 0 Å². The number of amides is 2. The summed E-state index contributed by atoms with van der Waals surface area (Å²) < 4.78 is 19.1. The van der Waals surface area contributed by atoms with E-state index in [9.17, 15) is 4.79 Å². The highest BCUT2D eigenvalue weighted by molar-refractivity contribution is 5.92. The zero-order chi connectivity index (χ0) is 25.9. The van der Waals surface area contributed by atoms with Crippen LogP contribution in [0.4, 0.5) is 10.5 Å². The van der Waals surface area contributed by atoms with Crippen LogP contribution < -0.4 is 19.7 Å². The van der Waals surface area contributed by atoms with E-state index in [1.54, 1.807) is 24.4 Å². The van der Waals surface area contributed by atoms with Gasteiger partial charge in [-0.2, -0.15) is 0 Å². The Morgan fingerprint density at radius 3 is 2.73 bits per heavy atom. The molecular weight excluding hydrogens is 472 g/mol. The minimum Gasteiger partial charge on any atom is -0.493 e. The standard InChI is InChI=1S/C27H36N6O4/c1-22-18-29-21-32(22)10-4-9-30-27(34)33(20-23-5-3-8-28-19-23)24-6-7-25(26(17-24)35-2)37-16-13-31-11-14-36-15-12-31/h3,5-8,17-19,21H,4,9-16,20H2,1-2H3,(H,30,34). The van der Waals surface area contributed by atoms with Gasteiger partial charge < -0.3 is 24.1 Å². The number of urea groups is 1. The molecule has 1 aliphatic heterocycles. The van der Waals surface area contributed by atoms with E-state index in [0.717, 1.165) is 57.1 Å². The van der Waals surface area contributed by atoms with Crippen LogP contribution in [-0.2, 0) is 17.8 Å². The van der Waals surface area contributed by atoms with E-state index >= 15 is 0 Å². The molecule has 0 atom stereocenters. The van der Waals surface area contributed by atoms with E-state index in [1.165, 1.54) is 0 Å². The van der Waals surface area contributed by atoms with Crippen molar-refractivity contribution >= 4 is 11.7 Å². The highest BCUT2D eigenvalue weighted by Crippen LogP contribution is 2.32. The number of nitrogens with one attached hydrogen (secondary N) is 1. The van der Waals surface area contributed by atoms with E-state index in [4.69, 9.17) is 14.2 Å². The molecule has 2 aromatic heterocycles. The van der Waals surface area contributed by atoms with Crippen molar-refractivity contribution in [1.29, 1.82) is 0 Å². The fourth-order valence-corrected chi connectivity index (χ4v) is 4.17. The van der Waals surface area contributed by atoms with Gasteiger partial charge in [0.15, 0.2) is 11.5 Å². The minimum atomic E-state index is -0.186.